The van der Waals surface area contributed by atoms with E-state index in [1.54, 1.807) is 14.2 Å². The van der Waals surface area contributed by atoms with Gasteiger partial charge in [-0.3, -0.25) is 4.99 Å². The van der Waals surface area contributed by atoms with Crippen molar-refractivity contribution >= 4 is 5.96 Å². The number of benzene rings is 1. The molecule has 0 heterocycles. The Hall–Kier alpha value is -1.75. The van der Waals surface area contributed by atoms with E-state index in [-0.39, 0.29) is 6.04 Å². The lowest BCUT2D eigenvalue weighted by atomic mass is 10.1. The van der Waals surface area contributed by atoms with Crippen LogP contribution in [0.5, 0.6) is 5.75 Å². The first-order valence-electron chi connectivity index (χ1n) is 6.34. The van der Waals surface area contributed by atoms with Crippen LogP contribution in [0.1, 0.15) is 12.5 Å². The van der Waals surface area contributed by atoms with Crippen molar-refractivity contribution in [3.05, 3.63) is 29.8 Å². The van der Waals surface area contributed by atoms with Gasteiger partial charge in [0, 0.05) is 19.7 Å². The monoisotopic (exact) mass is 265 g/mol. The zero-order chi connectivity index (χ0) is 14.1. The SMILES string of the molecule is COCC(C)NC(N)=NCCc1ccccc1OC. The van der Waals surface area contributed by atoms with E-state index in [1.165, 1.54) is 0 Å². The minimum Gasteiger partial charge on any atom is -0.496 e. The van der Waals surface area contributed by atoms with Crippen LogP contribution in [0.25, 0.3) is 0 Å². The van der Waals surface area contributed by atoms with Crippen molar-refractivity contribution in [2.45, 2.75) is 19.4 Å². The number of rotatable bonds is 7. The molecule has 1 rings (SSSR count). The number of hydrogen-bond acceptors (Lipinski definition) is 3. The molecule has 0 aliphatic rings. The van der Waals surface area contributed by atoms with Crippen LogP contribution in [0, 0.1) is 0 Å². The van der Waals surface area contributed by atoms with Crippen molar-refractivity contribution in [2.24, 2.45) is 10.7 Å². The minimum absolute atomic E-state index is 0.153. The summed E-state index contributed by atoms with van der Waals surface area (Å²) in [6.45, 7) is 3.22. The molecule has 0 saturated heterocycles. The molecule has 0 bridgehead atoms. The molecule has 0 spiro atoms. The second-order valence-electron chi connectivity index (χ2n) is 4.33. The van der Waals surface area contributed by atoms with E-state index in [0.717, 1.165) is 17.7 Å². The molecular formula is C14H23N3O2. The molecule has 1 unspecified atom stereocenters. The van der Waals surface area contributed by atoms with Gasteiger partial charge in [-0.15, -0.1) is 0 Å². The third-order valence-electron chi connectivity index (χ3n) is 2.67. The molecule has 106 valence electrons. The smallest absolute Gasteiger partial charge is 0.188 e. The van der Waals surface area contributed by atoms with E-state index < -0.39 is 0 Å². The maximum absolute atomic E-state index is 5.79. The molecule has 0 fully saturated rings. The average Bonchev–Trinajstić information content (AvgIpc) is 2.39. The molecule has 19 heavy (non-hydrogen) atoms. The van der Waals surface area contributed by atoms with Crippen molar-refractivity contribution in [1.82, 2.24) is 5.32 Å². The molecule has 0 aliphatic carbocycles. The van der Waals surface area contributed by atoms with Crippen molar-refractivity contribution in [2.75, 3.05) is 27.4 Å². The number of nitrogens with one attached hydrogen (secondary N) is 1. The summed E-state index contributed by atoms with van der Waals surface area (Å²) in [5.74, 6) is 1.33. The fourth-order valence-electron chi connectivity index (χ4n) is 1.80. The predicted molar refractivity (Wildman–Crippen MR) is 77.7 cm³/mol. The van der Waals surface area contributed by atoms with Gasteiger partial charge in [-0.2, -0.15) is 0 Å². The Balaban J connectivity index is 2.44. The molecule has 0 amide bonds. The van der Waals surface area contributed by atoms with Crippen molar-refractivity contribution in [1.29, 1.82) is 0 Å². The Bertz CT molecular complexity index is 407. The van der Waals surface area contributed by atoms with E-state index in [9.17, 15) is 0 Å². The van der Waals surface area contributed by atoms with Crippen molar-refractivity contribution in [3.63, 3.8) is 0 Å². The molecule has 3 N–H and O–H groups in total. The average molecular weight is 265 g/mol. The first-order valence-corrected chi connectivity index (χ1v) is 6.34. The number of hydrogen-bond donors (Lipinski definition) is 2. The topological polar surface area (TPSA) is 68.9 Å². The number of guanidine groups is 1. The second kappa shape index (κ2) is 8.37. The summed E-state index contributed by atoms with van der Waals surface area (Å²) in [4.78, 5) is 4.29. The van der Waals surface area contributed by atoms with Crippen LogP contribution in [0.3, 0.4) is 0 Å². The molecule has 1 atom stereocenters. The maximum atomic E-state index is 5.79. The van der Waals surface area contributed by atoms with Gasteiger partial charge >= 0.3 is 0 Å². The van der Waals surface area contributed by atoms with Crippen LogP contribution in [0.15, 0.2) is 29.3 Å². The Kier molecular flexibility index (Phi) is 6.74. The molecule has 0 radical (unpaired) electrons. The van der Waals surface area contributed by atoms with Gasteiger partial charge in [0.15, 0.2) is 5.96 Å². The zero-order valence-corrected chi connectivity index (χ0v) is 11.8. The van der Waals surface area contributed by atoms with Crippen LogP contribution in [-0.2, 0) is 11.2 Å². The summed E-state index contributed by atoms with van der Waals surface area (Å²) in [5, 5.41) is 3.07. The van der Waals surface area contributed by atoms with Crippen LogP contribution in [-0.4, -0.2) is 39.4 Å². The normalized spacial score (nSPS) is 13.1. The molecular weight excluding hydrogens is 242 g/mol. The summed E-state index contributed by atoms with van der Waals surface area (Å²) >= 11 is 0. The quantitative estimate of drug-likeness (QED) is 0.574. The highest BCUT2D eigenvalue weighted by atomic mass is 16.5. The summed E-state index contributed by atoms with van der Waals surface area (Å²) in [6.07, 6.45) is 0.797. The molecule has 1 aromatic rings. The summed E-state index contributed by atoms with van der Waals surface area (Å²) < 4.78 is 10.3. The number of nitrogens with zero attached hydrogens (tertiary/aromatic N) is 1. The van der Waals surface area contributed by atoms with Gasteiger partial charge < -0.3 is 20.5 Å². The largest absolute Gasteiger partial charge is 0.496 e. The number of ether oxygens (including phenoxy) is 2. The second-order valence-corrected chi connectivity index (χ2v) is 4.33. The van der Waals surface area contributed by atoms with Gasteiger partial charge in [0.25, 0.3) is 0 Å². The highest BCUT2D eigenvalue weighted by molar-refractivity contribution is 5.78. The lowest BCUT2D eigenvalue weighted by molar-refractivity contribution is 0.179. The lowest BCUT2D eigenvalue weighted by Crippen LogP contribution is -2.40. The van der Waals surface area contributed by atoms with Gasteiger partial charge in [0.2, 0.25) is 0 Å². The maximum Gasteiger partial charge on any atom is 0.188 e. The number of nitrogens with two attached hydrogens (primary N) is 1. The van der Waals surface area contributed by atoms with Crippen molar-refractivity contribution < 1.29 is 9.47 Å². The molecule has 5 heteroatoms. The molecule has 0 aliphatic heterocycles. The summed E-state index contributed by atoms with van der Waals surface area (Å²) in [6, 6.07) is 8.07. The Labute approximate surface area is 114 Å². The van der Waals surface area contributed by atoms with Gasteiger partial charge in [-0.05, 0) is 25.0 Å². The Morgan fingerprint density at radius 2 is 2.11 bits per heavy atom. The van der Waals surface area contributed by atoms with Gasteiger partial charge in [-0.1, -0.05) is 18.2 Å². The predicted octanol–water partition coefficient (Wildman–Crippen LogP) is 1.18. The molecule has 1 aromatic carbocycles. The van der Waals surface area contributed by atoms with Crippen LogP contribution < -0.4 is 15.8 Å². The number of aliphatic imine (C=N–C) groups is 1. The zero-order valence-electron chi connectivity index (χ0n) is 11.8. The van der Waals surface area contributed by atoms with Crippen molar-refractivity contribution in [3.8, 4) is 5.75 Å². The van der Waals surface area contributed by atoms with Gasteiger partial charge in [-0.25, -0.2) is 0 Å². The van der Waals surface area contributed by atoms with Gasteiger partial charge in [0.1, 0.15) is 5.75 Å². The van der Waals surface area contributed by atoms with Gasteiger partial charge in [0.05, 0.1) is 13.7 Å². The van der Waals surface area contributed by atoms with Crippen LogP contribution in [0.2, 0.25) is 0 Å². The van der Waals surface area contributed by atoms with E-state index in [4.69, 9.17) is 15.2 Å². The molecule has 5 nitrogen and oxygen atoms in total. The number of methoxy groups -OCH3 is 2. The molecule has 0 aromatic heterocycles. The fraction of sp³-hybridized carbons (Fsp3) is 0.500. The number of para-hydroxylation sites is 1. The standard InChI is InChI=1S/C14H23N3O2/c1-11(10-18-2)17-14(15)16-9-8-12-6-4-5-7-13(12)19-3/h4-7,11H,8-10H2,1-3H3,(H3,15,16,17). The molecule has 0 saturated carbocycles. The van der Waals surface area contributed by atoms with Crippen LogP contribution >= 0.6 is 0 Å². The lowest BCUT2D eigenvalue weighted by Gasteiger charge is -2.13. The van der Waals surface area contributed by atoms with E-state index in [1.807, 2.05) is 31.2 Å². The first-order chi connectivity index (χ1) is 9.17. The highest BCUT2D eigenvalue weighted by Gasteiger charge is 2.03. The Morgan fingerprint density at radius 3 is 2.79 bits per heavy atom. The van der Waals surface area contributed by atoms with E-state index in [0.29, 0.717) is 19.1 Å². The fourth-order valence-corrected chi connectivity index (χ4v) is 1.80. The Morgan fingerprint density at radius 1 is 1.37 bits per heavy atom. The first kappa shape index (κ1) is 15.3. The summed E-state index contributed by atoms with van der Waals surface area (Å²) in [5.41, 5.74) is 6.92. The van der Waals surface area contributed by atoms with E-state index in [2.05, 4.69) is 10.3 Å². The third-order valence-corrected chi connectivity index (χ3v) is 2.67. The van der Waals surface area contributed by atoms with E-state index >= 15 is 0 Å². The summed E-state index contributed by atoms with van der Waals surface area (Å²) in [7, 11) is 3.33. The highest BCUT2D eigenvalue weighted by Crippen LogP contribution is 2.17. The third kappa shape index (κ3) is 5.61. The minimum atomic E-state index is 0.153. The van der Waals surface area contributed by atoms with Crippen LogP contribution in [0.4, 0.5) is 0 Å².